The maximum absolute atomic E-state index is 10.8. The first kappa shape index (κ1) is 15.4. The number of hydrogen-bond acceptors (Lipinski definition) is 4. The van der Waals surface area contributed by atoms with Crippen molar-refractivity contribution in [3.63, 3.8) is 0 Å². The van der Waals surface area contributed by atoms with Crippen LogP contribution in [0.15, 0.2) is 24.3 Å². The summed E-state index contributed by atoms with van der Waals surface area (Å²) in [4.78, 5) is 10.3. The third-order valence-electron chi connectivity index (χ3n) is 2.68. The van der Waals surface area contributed by atoms with Crippen molar-refractivity contribution in [2.75, 3.05) is 5.32 Å². The molecule has 1 aromatic carbocycles. The number of nitro benzene ring substituents is 1. The normalized spacial score (nSPS) is 12.2. The molecular weight excluding hydrogens is 343 g/mol. The standard InChI is InChI=1S/C12H9Cl3N2O2S/c1-6(8-5-11(14)20-12(8)15)16-10-4-7(17(18)19)2-3-9(10)13/h2-6,16H,1H3. The van der Waals surface area contributed by atoms with E-state index in [1.165, 1.54) is 29.5 Å². The highest BCUT2D eigenvalue weighted by Crippen LogP contribution is 2.37. The molecule has 0 radical (unpaired) electrons. The van der Waals surface area contributed by atoms with Gasteiger partial charge in [0, 0.05) is 17.7 Å². The van der Waals surface area contributed by atoms with Crippen LogP contribution in [0.3, 0.4) is 0 Å². The summed E-state index contributed by atoms with van der Waals surface area (Å²) in [6.45, 7) is 1.87. The second-order valence-electron chi connectivity index (χ2n) is 4.07. The van der Waals surface area contributed by atoms with Gasteiger partial charge in [0.1, 0.15) is 0 Å². The van der Waals surface area contributed by atoms with E-state index in [0.29, 0.717) is 19.4 Å². The van der Waals surface area contributed by atoms with Crippen LogP contribution in [0.1, 0.15) is 18.5 Å². The predicted molar refractivity (Wildman–Crippen MR) is 84.5 cm³/mol. The molecule has 4 nitrogen and oxygen atoms in total. The molecule has 1 unspecified atom stereocenters. The van der Waals surface area contributed by atoms with Crippen LogP contribution in [0.5, 0.6) is 0 Å². The Morgan fingerprint density at radius 3 is 2.55 bits per heavy atom. The number of halogens is 3. The topological polar surface area (TPSA) is 55.2 Å². The third kappa shape index (κ3) is 3.35. The van der Waals surface area contributed by atoms with Gasteiger partial charge in [0.15, 0.2) is 0 Å². The molecule has 0 spiro atoms. The Morgan fingerprint density at radius 1 is 1.30 bits per heavy atom. The zero-order chi connectivity index (χ0) is 14.9. The fourth-order valence-electron chi connectivity index (χ4n) is 1.70. The minimum absolute atomic E-state index is 0.0291. The van der Waals surface area contributed by atoms with Crippen molar-refractivity contribution in [2.24, 2.45) is 0 Å². The summed E-state index contributed by atoms with van der Waals surface area (Å²) in [5.41, 5.74) is 1.27. The van der Waals surface area contributed by atoms with Gasteiger partial charge >= 0.3 is 0 Å². The summed E-state index contributed by atoms with van der Waals surface area (Å²) in [7, 11) is 0. The summed E-state index contributed by atoms with van der Waals surface area (Å²) in [5, 5.41) is 14.3. The molecule has 106 valence electrons. The lowest BCUT2D eigenvalue weighted by Gasteiger charge is -2.15. The molecule has 0 aliphatic rings. The monoisotopic (exact) mass is 350 g/mol. The molecule has 8 heteroatoms. The Kier molecular flexibility index (Phi) is 4.75. The van der Waals surface area contributed by atoms with E-state index in [0.717, 1.165) is 5.56 Å². The second-order valence-corrected chi connectivity index (χ2v) is 6.76. The van der Waals surface area contributed by atoms with Crippen LogP contribution in [0.4, 0.5) is 11.4 Å². The van der Waals surface area contributed by atoms with E-state index < -0.39 is 4.92 Å². The largest absolute Gasteiger partial charge is 0.377 e. The SMILES string of the molecule is CC(Nc1cc([N+](=O)[O-])ccc1Cl)c1cc(Cl)sc1Cl. The van der Waals surface area contributed by atoms with Gasteiger partial charge in [0.25, 0.3) is 5.69 Å². The molecule has 1 N–H and O–H groups in total. The van der Waals surface area contributed by atoms with Gasteiger partial charge in [-0.15, -0.1) is 11.3 Å². The molecule has 2 rings (SSSR count). The van der Waals surface area contributed by atoms with Gasteiger partial charge < -0.3 is 5.32 Å². The summed E-state index contributed by atoms with van der Waals surface area (Å²) in [6.07, 6.45) is 0. The maximum atomic E-state index is 10.8. The Balaban J connectivity index is 2.27. The minimum Gasteiger partial charge on any atom is -0.377 e. The number of benzene rings is 1. The van der Waals surface area contributed by atoms with Gasteiger partial charge in [-0.05, 0) is 19.1 Å². The van der Waals surface area contributed by atoms with Crippen LogP contribution >= 0.6 is 46.1 Å². The van der Waals surface area contributed by atoms with Crippen LogP contribution in [0.25, 0.3) is 0 Å². The molecule has 1 heterocycles. The number of hydrogen-bond donors (Lipinski definition) is 1. The second kappa shape index (κ2) is 6.18. The van der Waals surface area contributed by atoms with E-state index in [-0.39, 0.29) is 11.7 Å². The molecule has 0 aliphatic heterocycles. The van der Waals surface area contributed by atoms with Crippen molar-refractivity contribution in [3.8, 4) is 0 Å². The van der Waals surface area contributed by atoms with Crippen LogP contribution in [-0.2, 0) is 0 Å². The van der Waals surface area contributed by atoms with E-state index in [2.05, 4.69) is 5.32 Å². The lowest BCUT2D eigenvalue weighted by molar-refractivity contribution is -0.384. The fraction of sp³-hybridized carbons (Fsp3) is 0.167. The first-order valence-corrected chi connectivity index (χ1v) is 7.48. The van der Waals surface area contributed by atoms with Crippen molar-refractivity contribution < 1.29 is 4.92 Å². The minimum atomic E-state index is -0.472. The molecule has 1 atom stereocenters. The fourth-order valence-corrected chi connectivity index (χ4v) is 3.51. The van der Waals surface area contributed by atoms with Crippen molar-refractivity contribution in [1.29, 1.82) is 0 Å². The van der Waals surface area contributed by atoms with Gasteiger partial charge in [-0.3, -0.25) is 10.1 Å². The van der Waals surface area contributed by atoms with Crippen molar-refractivity contribution >= 4 is 57.5 Å². The summed E-state index contributed by atoms with van der Waals surface area (Å²) < 4.78 is 1.17. The average Bonchev–Trinajstić information content (AvgIpc) is 2.71. The molecule has 0 bridgehead atoms. The van der Waals surface area contributed by atoms with Crippen LogP contribution in [-0.4, -0.2) is 4.92 Å². The van der Waals surface area contributed by atoms with E-state index in [1.54, 1.807) is 6.07 Å². The smallest absolute Gasteiger partial charge is 0.271 e. The van der Waals surface area contributed by atoms with Gasteiger partial charge in [-0.1, -0.05) is 34.8 Å². The molecule has 1 aromatic heterocycles. The molecule has 2 aromatic rings. The Hall–Kier alpha value is -1.01. The number of thiophene rings is 1. The zero-order valence-corrected chi connectivity index (χ0v) is 13.3. The predicted octanol–water partition coefficient (Wildman–Crippen LogP) is 5.79. The highest BCUT2D eigenvalue weighted by Gasteiger charge is 2.16. The lowest BCUT2D eigenvalue weighted by atomic mass is 10.1. The van der Waals surface area contributed by atoms with E-state index in [4.69, 9.17) is 34.8 Å². The van der Waals surface area contributed by atoms with E-state index in [1.807, 2.05) is 6.92 Å². The van der Waals surface area contributed by atoms with Crippen LogP contribution in [0, 0.1) is 10.1 Å². The highest BCUT2D eigenvalue weighted by molar-refractivity contribution is 7.20. The molecule has 0 amide bonds. The van der Waals surface area contributed by atoms with Gasteiger partial charge in [0.05, 0.1) is 30.3 Å². The molecule has 0 saturated carbocycles. The van der Waals surface area contributed by atoms with Gasteiger partial charge in [-0.25, -0.2) is 0 Å². The summed E-state index contributed by atoms with van der Waals surface area (Å²) in [5.74, 6) is 0. The summed E-state index contributed by atoms with van der Waals surface area (Å²) in [6, 6.07) is 5.81. The van der Waals surface area contributed by atoms with Crippen molar-refractivity contribution in [2.45, 2.75) is 13.0 Å². The molecule has 20 heavy (non-hydrogen) atoms. The summed E-state index contributed by atoms with van der Waals surface area (Å²) >= 11 is 19.3. The lowest BCUT2D eigenvalue weighted by Crippen LogP contribution is -2.06. The molecular formula is C12H9Cl3N2O2S. The molecule has 0 aliphatic carbocycles. The maximum Gasteiger partial charge on any atom is 0.271 e. The number of rotatable bonds is 4. The number of non-ortho nitro benzene ring substituents is 1. The van der Waals surface area contributed by atoms with Crippen LogP contribution < -0.4 is 5.32 Å². The number of nitrogens with zero attached hydrogens (tertiary/aromatic N) is 1. The Morgan fingerprint density at radius 2 is 2.00 bits per heavy atom. The van der Waals surface area contributed by atoms with Crippen molar-refractivity contribution in [3.05, 3.63) is 53.6 Å². The molecule has 0 fully saturated rings. The number of nitro groups is 1. The molecule has 0 saturated heterocycles. The third-order valence-corrected chi connectivity index (χ3v) is 4.53. The first-order valence-electron chi connectivity index (χ1n) is 5.53. The number of nitrogens with one attached hydrogen (secondary N) is 1. The number of anilines is 1. The Labute approximate surface area is 134 Å². The first-order chi connectivity index (χ1) is 9.38. The van der Waals surface area contributed by atoms with Crippen molar-refractivity contribution in [1.82, 2.24) is 0 Å². The van der Waals surface area contributed by atoms with E-state index in [9.17, 15) is 10.1 Å². The van der Waals surface area contributed by atoms with E-state index >= 15 is 0 Å². The highest BCUT2D eigenvalue weighted by atomic mass is 35.5. The van der Waals surface area contributed by atoms with Gasteiger partial charge in [0.2, 0.25) is 0 Å². The quantitative estimate of drug-likeness (QED) is 0.560. The zero-order valence-electron chi connectivity index (χ0n) is 10.2. The van der Waals surface area contributed by atoms with Gasteiger partial charge in [-0.2, -0.15) is 0 Å². The average molecular weight is 352 g/mol. The Bertz CT molecular complexity index is 660. The van der Waals surface area contributed by atoms with Crippen LogP contribution in [0.2, 0.25) is 13.7 Å².